The summed E-state index contributed by atoms with van der Waals surface area (Å²) in [5, 5.41) is 19.0. The Morgan fingerprint density at radius 2 is 1.85 bits per heavy atom. The van der Waals surface area contributed by atoms with Crippen LogP contribution in [-0.2, 0) is 0 Å². The lowest BCUT2D eigenvalue weighted by molar-refractivity contribution is 0.0129. The van der Waals surface area contributed by atoms with Gasteiger partial charge in [-0.05, 0) is 18.2 Å². The second-order valence-electron chi connectivity index (χ2n) is 2.25. The molecule has 3 nitrogen and oxygen atoms in total. The minimum atomic E-state index is -0.320. The molecule has 1 aromatic carbocycles. The maximum atomic E-state index is 10.1. The van der Waals surface area contributed by atoms with Crippen LogP contribution in [0.4, 0.5) is 0 Å². The third-order valence-corrected chi connectivity index (χ3v) is 2.03. The Morgan fingerprint density at radius 3 is 2.31 bits per heavy atom. The maximum absolute atomic E-state index is 10.1. The van der Waals surface area contributed by atoms with Gasteiger partial charge in [0.25, 0.3) is 0 Å². The van der Waals surface area contributed by atoms with Crippen molar-refractivity contribution in [1.82, 2.24) is 5.23 Å². The van der Waals surface area contributed by atoms with Crippen molar-refractivity contribution in [2.45, 2.75) is 0 Å². The van der Waals surface area contributed by atoms with E-state index in [-0.39, 0.29) is 5.23 Å². The van der Waals surface area contributed by atoms with Crippen molar-refractivity contribution >= 4 is 29.3 Å². The fourth-order valence-electron chi connectivity index (χ4n) is 0.808. The zero-order valence-electron chi connectivity index (χ0n) is 6.45. The molecule has 70 valence electrons. The van der Waals surface area contributed by atoms with Crippen LogP contribution in [0, 0.1) is 5.21 Å². The Bertz CT molecular complexity index is 306. The third kappa shape index (κ3) is 2.90. The van der Waals surface area contributed by atoms with Crippen molar-refractivity contribution in [3.63, 3.8) is 0 Å². The van der Waals surface area contributed by atoms with Crippen LogP contribution in [0.2, 0.25) is 10.0 Å². The molecule has 1 aromatic rings. The van der Waals surface area contributed by atoms with Crippen molar-refractivity contribution in [3.05, 3.63) is 45.2 Å². The number of halogens is 2. The zero-order chi connectivity index (χ0) is 9.84. The van der Waals surface area contributed by atoms with Gasteiger partial charge in [-0.1, -0.05) is 29.3 Å². The molecule has 0 saturated carbocycles. The maximum Gasteiger partial charge on any atom is 0.0493 e. The lowest BCUT2D eigenvalue weighted by Gasteiger charge is -2.15. The molecule has 0 aliphatic carbocycles. The molecule has 0 atom stereocenters. The van der Waals surface area contributed by atoms with Crippen LogP contribution in [-0.4, -0.2) is 10.4 Å². The van der Waals surface area contributed by atoms with Crippen molar-refractivity contribution in [2.24, 2.45) is 0 Å². The van der Waals surface area contributed by atoms with Crippen molar-refractivity contribution in [1.29, 1.82) is 0 Å². The average Bonchev–Trinajstić information content (AvgIpc) is 2.03. The number of hydrogen-bond donors (Lipinski definition) is 1. The fourth-order valence-corrected chi connectivity index (χ4v) is 1.33. The summed E-state index contributed by atoms with van der Waals surface area (Å²) in [5.74, 6) is 0. The normalized spacial score (nSPS) is 10.8. The Balaban J connectivity index is 3.00. The quantitative estimate of drug-likeness (QED) is 0.777. The molecule has 0 fully saturated rings. The number of nitrogens with zero attached hydrogens (tertiary/aromatic N) is 1. The average molecular weight is 219 g/mol. The molecule has 0 saturated heterocycles. The minimum absolute atomic E-state index is 0.320. The summed E-state index contributed by atoms with van der Waals surface area (Å²) >= 11 is 11.6. The molecular weight excluding hydrogens is 213 g/mol. The van der Waals surface area contributed by atoms with Crippen LogP contribution in [0.15, 0.2) is 24.4 Å². The van der Waals surface area contributed by atoms with Gasteiger partial charge >= 0.3 is 0 Å². The molecule has 0 heterocycles. The highest BCUT2D eigenvalue weighted by Gasteiger charge is 2.00. The molecule has 13 heavy (non-hydrogen) atoms. The first kappa shape index (κ1) is 10.3. The molecule has 0 radical (unpaired) electrons. The second kappa shape index (κ2) is 4.48. The molecule has 5 heteroatoms. The molecule has 0 aromatic heterocycles. The third-order valence-electron chi connectivity index (χ3n) is 1.37. The Morgan fingerprint density at radius 1 is 1.31 bits per heavy atom. The van der Waals surface area contributed by atoms with Crippen LogP contribution >= 0.6 is 23.2 Å². The van der Waals surface area contributed by atoms with E-state index >= 15 is 0 Å². The highest BCUT2D eigenvalue weighted by Crippen LogP contribution is 2.25. The van der Waals surface area contributed by atoms with Crippen LogP contribution in [0.1, 0.15) is 5.56 Å². The SMILES string of the molecule is [O-]N(O)/C=C/c1c(Cl)cccc1Cl. The Labute approximate surface area is 85.3 Å². The Kier molecular flexibility index (Phi) is 3.57. The minimum Gasteiger partial charge on any atom is -0.734 e. The lowest BCUT2D eigenvalue weighted by atomic mass is 10.2. The predicted molar refractivity (Wildman–Crippen MR) is 52.5 cm³/mol. The highest BCUT2D eigenvalue weighted by atomic mass is 35.5. The molecule has 0 aliphatic heterocycles. The first-order valence-corrected chi connectivity index (χ1v) is 4.14. The lowest BCUT2D eigenvalue weighted by Crippen LogP contribution is -1.97. The van der Waals surface area contributed by atoms with E-state index < -0.39 is 0 Å². The fraction of sp³-hybridized carbons (Fsp3) is 0. The molecule has 0 amide bonds. The first-order valence-electron chi connectivity index (χ1n) is 3.38. The van der Waals surface area contributed by atoms with Crippen LogP contribution in [0.3, 0.4) is 0 Å². The summed E-state index contributed by atoms with van der Waals surface area (Å²) in [5.41, 5.74) is 0.501. The van der Waals surface area contributed by atoms with Crippen LogP contribution in [0.5, 0.6) is 0 Å². The molecule has 1 N–H and O–H groups in total. The molecule has 0 aliphatic rings. The van der Waals surface area contributed by atoms with Crippen molar-refractivity contribution < 1.29 is 5.21 Å². The van der Waals surface area contributed by atoms with Crippen LogP contribution < -0.4 is 0 Å². The van der Waals surface area contributed by atoms with E-state index in [0.717, 1.165) is 6.20 Å². The molecule has 0 spiro atoms. The van der Waals surface area contributed by atoms with Gasteiger partial charge in [-0.25, -0.2) is 0 Å². The van der Waals surface area contributed by atoms with Gasteiger partial charge in [-0.3, -0.25) is 5.21 Å². The standard InChI is InChI=1S/C8H6Cl2NO2/c9-7-2-1-3-8(10)6(7)4-5-11(12)13/h1-5,12H/q-1/b5-4+. The largest absolute Gasteiger partial charge is 0.734 e. The molecular formula is C8H6Cl2NO2-. The summed E-state index contributed by atoms with van der Waals surface area (Å²) in [6, 6.07) is 4.97. The zero-order valence-corrected chi connectivity index (χ0v) is 7.96. The predicted octanol–water partition coefficient (Wildman–Crippen LogP) is 3.15. The van der Waals surface area contributed by atoms with E-state index in [2.05, 4.69) is 0 Å². The molecule has 1 rings (SSSR count). The van der Waals surface area contributed by atoms with Gasteiger partial charge in [0.15, 0.2) is 0 Å². The van der Waals surface area contributed by atoms with Gasteiger partial charge in [0.2, 0.25) is 0 Å². The number of benzene rings is 1. The van der Waals surface area contributed by atoms with Gasteiger partial charge in [-0.2, -0.15) is 0 Å². The monoisotopic (exact) mass is 218 g/mol. The summed E-state index contributed by atoms with van der Waals surface area (Å²) in [6.07, 6.45) is 2.24. The Hall–Kier alpha value is -0.740. The summed E-state index contributed by atoms with van der Waals surface area (Å²) in [6.45, 7) is 0. The summed E-state index contributed by atoms with van der Waals surface area (Å²) in [4.78, 5) is 0. The van der Waals surface area contributed by atoms with Crippen molar-refractivity contribution in [3.8, 4) is 0 Å². The van der Waals surface area contributed by atoms with E-state index in [0.29, 0.717) is 15.6 Å². The van der Waals surface area contributed by atoms with Gasteiger partial charge in [0, 0.05) is 21.8 Å². The van der Waals surface area contributed by atoms with E-state index in [4.69, 9.17) is 28.4 Å². The van der Waals surface area contributed by atoms with E-state index in [1.807, 2.05) is 0 Å². The number of hydrogen-bond acceptors (Lipinski definition) is 3. The second-order valence-corrected chi connectivity index (χ2v) is 3.07. The van der Waals surface area contributed by atoms with E-state index in [1.54, 1.807) is 18.2 Å². The molecule has 0 unspecified atom stereocenters. The van der Waals surface area contributed by atoms with Crippen molar-refractivity contribution in [2.75, 3.05) is 0 Å². The van der Waals surface area contributed by atoms with E-state index in [9.17, 15) is 5.21 Å². The number of hydroxylamine groups is 2. The van der Waals surface area contributed by atoms with Gasteiger partial charge in [0.1, 0.15) is 0 Å². The number of rotatable bonds is 2. The van der Waals surface area contributed by atoms with Crippen LogP contribution in [0.25, 0.3) is 6.08 Å². The summed E-state index contributed by atoms with van der Waals surface area (Å²) < 4.78 is 0. The van der Waals surface area contributed by atoms with Gasteiger partial charge in [-0.15, -0.1) is 0 Å². The topological polar surface area (TPSA) is 46.5 Å². The highest BCUT2D eigenvalue weighted by molar-refractivity contribution is 6.37. The van der Waals surface area contributed by atoms with Gasteiger partial charge < -0.3 is 10.4 Å². The smallest absolute Gasteiger partial charge is 0.0493 e. The molecule has 0 bridgehead atoms. The summed E-state index contributed by atoms with van der Waals surface area (Å²) in [7, 11) is 0. The van der Waals surface area contributed by atoms with E-state index in [1.165, 1.54) is 6.08 Å². The van der Waals surface area contributed by atoms with Gasteiger partial charge in [0.05, 0.1) is 0 Å². The first-order chi connectivity index (χ1) is 6.11.